The highest BCUT2D eigenvalue weighted by Crippen LogP contribution is 2.31. The van der Waals surface area contributed by atoms with Gasteiger partial charge in [-0.3, -0.25) is 4.90 Å². The summed E-state index contributed by atoms with van der Waals surface area (Å²) in [6, 6.07) is 19.6. The molecular formula is C26H25N5O5. The van der Waals surface area contributed by atoms with E-state index in [4.69, 9.17) is 23.4 Å². The second-order valence-electron chi connectivity index (χ2n) is 7.79. The predicted molar refractivity (Wildman–Crippen MR) is 132 cm³/mol. The molecule has 3 heterocycles. The molecule has 1 aliphatic rings. The van der Waals surface area contributed by atoms with Crippen LogP contribution in [0.1, 0.15) is 11.1 Å². The van der Waals surface area contributed by atoms with Crippen LogP contribution in [0.3, 0.4) is 0 Å². The van der Waals surface area contributed by atoms with Crippen molar-refractivity contribution in [3.8, 4) is 23.0 Å². The summed E-state index contributed by atoms with van der Waals surface area (Å²) in [7, 11) is 3.22. The lowest BCUT2D eigenvalue weighted by atomic mass is 10.2. The van der Waals surface area contributed by atoms with Gasteiger partial charge in [-0.2, -0.15) is 0 Å². The van der Waals surface area contributed by atoms with Gasteiger partial charge in [0.25, 0.3) is 5.89 Å². The van der Waals surface area contributed by atoms with Gasteiger partial charge in [0.15, 0.2) is 11.5 Å². The molecule has 0 aliphatic carbocycles. The molecule has 0 radical (unpaired) electrons. The van der Waals surface area contributed by atoms with Gasteiger partial charge in [-0.15, -0.1) is 5.10 Å². The van der Waals surface area contributed by atoms with Gasteiger partial charge < -0.3 is 28.7 Å². The SMILES string of the molecule is COc1ccc(CNc2ncccc2-c2nnc(N(Cc3ccccc3)C3=COCO3)o2)cc1OC. The van der Waals surface area contributed by atoms with Gasteiger partial charge in [-0.1, -0.05) is 41.5 Å². The number of aromatic nitrogens is 3. The van der Waals surface area contributed by atoms with Crippen LogP contribution >= 0.6 is 0 Å². The van der Waals surface area contributed by atoms with Gasteiger partial charge >= 0.3 is 6.01 Å². The van der Waals surface area contributed by atoms with Gasteiger partial charge in [-0.25, -0.2) is 4.98 Å². The van der Waals surface area contributed by atoms with E-state index in [9.17, 15) is 0 Å². The minimum Gasteiger partial charge on any atom is -0.493 e. The fourth-order valence-corrected chi connectivity index (χ4v) is 3.71. The third kappa shape index (κ3) is 5.02. The Bertz CT molecular complexity index is 1340. The molecule has 0 spiro atoms. The lowest BCUT2D eigenvalue weighted by Gasteiger charge is -2.19. The zero-order chi connectivity index (χ0) is 24.7. The number of anilines is 2. The standard InChI is InChI=1S/C26H25N5O5/c1-32-21-11-10-19(13-22(21)33-2)14-28-24-20(9-6-12-27-24)25-29-30-26(36-25)31(23-16-34-17-35-23)15-18-7-4-3-5-8-18/h3-13,16H,14-15,17H2,1-2H3,(H,27,28). The van der Waals surface area contributed by atoms with Crippen molar-refractivity contribution in [3.05, 3.63) is 90.1 Å². The Morgan fingerprint density at radius 2 is 1.81 bits per heavy atom. The Labute approximate surface area is 208 Å². The summed E-state index contributed by atoms with van der Waals surface area (Å²) in [5.41, 5.74) is 2.72. The molecule has 4 aromatic rings. The summed E-state index contributed by atoms with van der Waals surface area (Å²) in [4.78, 5) is 6.25. The molecular weight excluding hydrogens is 462 g/mol. The summed E-state index contributed by atoms with van der Waals surface area (Å²) >= 11 is 0. The quantitative estimate of drug-likeness (QED) is 0.342. The first-order valence-corrected chi connectivity index (χ1v) is 11.2. The van der Waals surface area contributed by atoms with E-state index in [0.717, 1.165) is 11.1 Å². The van der Waals surface area contributed by atoms with Crippen LogP contribution in [0, 0.1) is 0 Å². The summed E-state index contributed by atoms with van der Waals surface area (Å²) in [6.45, 7) is 1.10. The van der Waals surface area contributed by atoms with Crippen LogP contribution < -0.4 is 19.7 Å². The monoisotopic (exact) mass is 487 g/mol. The second-order valence-corrected chi connectivity index (χ2v) is 7.79. The molecule has 2 aromatic carbocycles. The Balaban J connectivity index is 1.38. The molecule has 1 aliphatic heterocycles. The molecule has 0 atom stereocenters. The van der Waals surface area contributed by atoms with Gasteiger partial charge in [0.2, 0.25) is 12.7 Å². The van der Waals surface area contributed by atoms with Gasteiger partial charge in [0.1, 0.15) is 12.1 Å². The smallest absolute Gasteiger partial charge is 0.325 e. The number of pyridine rings is 1. The highest BCUT2D eigenvalue weighted by atomic mass is 16.7. The van der Waals surface area contributed by atoms with Crippen molar-refractivity contribution in [1.82, 2.24) is 15.2 Å². The minimum atomic E-state index is 0.133. The first-order valence-electron chi connectivity index (χ1n) is 11.2. The lowest BCUT2D eigenvalue weighted by Crippen LogP contribution is -2.22. The maximum Gasteiger partial charge on any atom is 0.325 e. The van der Waals surface area contributed by atoms with E-state index in [1.165, 1.54) is 6.26 Å². The van der Waals surface area contributed by atoms with E-state index in [0.29, 0.717) is 47.7 Å². The zero-order valence-electron chi connectivity index (χ0n) is 19.9. The fourth-order valence-electron chi connectivity index (χ4n) is 3.71. The van der Waals surface area contributed by atoms with E-state index < -0.39 is 0 Å². The van der Waals surface area contributed by atoms with Crippen molar-refractivity contribution in [1.29, 1.82) is 0 Å². The van der Waals surface area contributed by atoms with Crippen molar-refractivity contribution in [2.24, 2.45) is 0 Å². The number of ether oxygens (including phenoxy) is 4. The summed E-state index contributed by atoms with van der Waals surface area (Å²) in [6.07, 6.45) is 3.24. The first kappa shape index (κ1) is 23.0. The minimum absolute atomic E-state index is 0.133. The average molecular weight is 488 g/mol. The fraction of sp³-hybridized carbons (Fsp3) is 0.192. The lowest BCUT2D eigenvalue weighted by molar-refractivity contribution is 0.0776. The number of rotatable bonds is 10. The normalized spacial score (nSPS) is 12.3. The van der Waals surface area contributed by atoms with Crippen LogP contribution in [-0.4, -0.2) is 36.2 Å². The molecule has 36 heavy (non-hydrogen) atoms. The maximum atomic E-state index is 6.09. The van der Waals surface area contributed by atoms with E-state index in [-0.39, 0.29) is 12.8 Å². The average Bonchev–Trinajstić information content (AvgIpc) is 3.64. The third-order valence-corrected chi connectivity index (χ3v) is 5.50. The number of methoxy groups -OCH3 is 2. The summed E-state index contributed by atoms with van der Waals surface area (Å²) in [5.74, 6) is 2.75. The predicted octanol–water partition coefficient (Wildman–Crippen LogP) is 4.57. The number of hydrogen-bond acceptors (Lipinski definition) is 10. The van der Waals surface area contributed by atoms with Crippen LogP contribution in [-0.2, 0) is 22.6 Å². The van der Waals surface area contributed by atoms with Crippen molar-refractivity contribution >= 4 is 11.8 Å². The molecule has 0 unspecified atom stereocenters. The number of nitrogens with one attached hydrogen (secondary N) is 1. The molecule has 2 aromatic heterocycles. The molecule has 0 fully saturated rings. The molecule has 10 nitrogen and oxygen atoms in total. The van der Waals surface area contributed by atoms with Crippen LogP contribution in [0.4, 0.5) is 11.8 Å². The first-order chi connectivity index (χ1) is 17.7. The van der Waals surface area contributed by atoms with Gasteiger partial charge in [0.05, 0.1) is 26.3 Å². The maximum absolute atomic E-state index is 6.09. The summed E-state index contributed by atoms with van der Waals surface area (Å²) in [5, 5.41) is 11.9. The topological polar surface area (TPSA) is 104 Å². The number of benzene rings is 2. The molecule has 0 bridgehead atoms. The van der Waals surface area contributed by atoms with Crippen LogP contribution in [0.2, 0.25) is 0 Å². The van der Waals surface area contributed by atoms with Crippen molar-refractivity contribution in [2.75, 3.05) is 31.2 Å². The summed E-state index contributed by atoms with van der Waals surface area (Å²) < 4.78 is 27.7. The van der Waals surface area contributed by atoms with E-state index >= 15 is 0 Å². The van der Waals surface area contributed by atoms with E-state index in [1.807, 2.05) is 60.7 Å². The van der Waals surface area contributed by atoms with Crippen LogP contribution in [0.25, 0.3) is 11.5 Å². The molecule has 0 saturated carbocycles. The van der Waals surface area contributed by atoms with E-state index in [1.54, 1.807) is 25.3 Å². The Morgan fingerprint density at radius 1 is 0.944 bits per heavy atom. The van der Waals surface area contributed by atoms with E-state index in [2.05, 4.69) is 20.5 Å². The molecule has 0 amide bonds. The van der Waals surface area contributed by atoms with Gasteiger partial charge in [-0.05, 0) is 35.4 Å². The third-order valence-electron chi connectivity index (χ3n) is 5.50. The molecule has 1 N–H and O–H groups in total. The highest BCUT2D eigenvalue weighted by molar-refractivity contribution is 5.69. The molecule has 0 saturated heterocycles. The Kier molecular flexibility index (Phi) is 6.83. The van der Waals surface area contributed by atoms with Crippen LogP contribution in [0.5, 0.6) is 11.5 Å². The highest BCUT2D eigenvalue weighted by Gasteiger charge is 2.25. The molecule has 5 rings (SSSR count). The zero-order valence-corrected chi connectivity index (χ0v) is 19.9. The molecule has 10 heteroatoms. The molecule has 184 valence electrons. The Hall–Kier alpha value is -4.73. The second kappa shape index (κ2) is 10.7. The number of hydrogen-bond donors (Lipinski definition) is 1. The van der Waals surface area contributed by atoms with Gasteiger partial charge in [0, 0.05) is 12.7 Å². The van der Waals surface area contributed by atoms with Crippen molar-refractivity contribution < 1.29 is 23.4 Å². The Morgan fingerprint density at radius 3 is 2.58 bits per heavy atom. The largest absolute Gasteiger partial charge is 0.493 e. The van der Waals surface area contributed by atoms with Crippen LogP contribution in [0.15, 0.2) is 83.4 Å². The van der Waals surface area contributed by atoms with Crippen molar-refractivity contribution in [3.63, 3.8) is 0 Å². The number of nitrogens with zero attached hydrogens (tertiary/aromatic N) is 4. The van der Waals surface area contributed by atoms with Crippen molar-refractivity contribution in [2.45, 2.75) is 13.1 Å².